The third kappa shape index (κ3) is 4.84. The van der Waals surface area contributed by atoms with Crippen LogP contribution in [0.3, 0.4) is 0 Å². The molecule has 0 spiro atoms. The van der Waals surface area contributed by atoms with Gasteiger partial charge in [0.1, 0.15) is 11.6 Å². The van der Waals surface area contributed by atoms with Crippen molar-refractivity contribution in [3.05, 3.63) is 89.3 Å². The molecule has 3 rings (SSSR count). The first-order valence-corrected chi connectivity index (χ1v) is 9.17. The van der Waals surface area contributed by atoms with Crippen molar-refractivity contribution >= 4 is 5.91 Å². The molecule has 0 unspecified atom stereocenters. The number of rotatable bonds is 8. The second-order valence-corrected chi connectivity index (χ2v) is 6.62. The van der Waals surface area contributed by atoms with E-state index in [4.69, 9.17) is 4.74 Å². The number of methoxy groups -OCH3 is 1. The van der Waals surface area contributed by atoms with Gasteiger partial charge in [-0.2, -0.15) is 0 Å². The fourth-order valence-electron chi connectivity index (χ4n) is 3.01. The van der Waals surface area contributed by atoms with Crippen LogP contribution in [0.15, 0.2) is 60.9 Å². The van der Waals surface area contributed by atoms with Crippen LogP contribution in [0.4, 0.5) is 4.39 Å². The molecule has 0 bridgehead atoms. The summed E-state index contributed by atoms with van der Waals surface area (Å²) in [5, 5.41) is 0. The Morgan fingerprint density at radius 3 is 2.64 bits per heavy atom. The van der Waals surface area contributed by atoms with Crippen LogP contribution in [0.2, 0.25) is 0 Å². The number of imidazole rings is 1. The number of ether oxygens (including phenoxy) is 1. The largest absolute Gasteiger partial charge is 0.383 e. The van der Waals surface area contributed by atoms with E-state index in [0.29, 0.717) is 31.8 Å². The van der Waals surface area contributed by atoms with Crippen molar-refractivity contribution in [2.45, 2.75) is 20.0 Å². The van der Waals surface area contributed by atoms with Gasteiger partial charge in [0, 0.05) is 38.2 Å². The standard InChI is InChI=1S/C22H24FN3O2/c1-17-5-3-4-6-19(17)15-25-12-11-24-21(25)16-26(13-14-28-2)22(27)18-7-9-20(23)10-8-18/h3-12H,13-16H2,1-2H3. The zero-order valence-corrected chi connectivity index (χ0v) is 16.1. The summed E-state index contributed by atoms with van der Waals surface area (Å²) in [4.78, 5) is 19.0. The van der Waals surface area contributed by atoms with E-state index in [1.807, 2.05) is 22.9 Å². The van der Waals surface area contributed by atoms with Gasteiger partial charge in [0.15, 0.2) is 0 Å². The molecule has 0 fully saturated rings. The molecular weight excluding hydrogens is 357 g/mol. The Kier molecular flexibility index (Phi) is 6.55. The van der Waals surface area contributed by atoms with Crippen molar-refractivity contribution in [3.63, 3.8) is 0 Å². The molecule has 28 heavy (non-hydrogen) atoms. The number of amides is 1. The van der Waals surface area contributed by atoms with Gasteiger partial charge >= 0.3 is 0 Å². The van der Waals surface area contributed by atoms with E-state index in [0.717, 1.165) is 5.82 Å². The first-order valence-electron chi connectivity index (χ1n) is 9.17. The minimum atomic E-state index is -0.367. The Morgan fingerprint density at radius 2 is 1.93 bits per heavy atom. The second kappa shape index (κ2) is 9.28. The predicted molar refractivity (Wildman–Crippen MR) is 106 cm³/mol. The molecule has 1 heterocycles. The summed E-state index contributed by atoms with van der Waals surface area (Å²) in [5.74, 6) is 0.242. The summed E-state index contributed by atoms with van der Waals surface area (Å²) in [6, 6.07) is 13.8. The lowest BCUT2D eigenvalue weighted by Gasteiger charge is -2.23. The van der Waals surface area contributed by atoms with Crippen LogP contribution in [0.1, 0.15) is 27.3 Å². The zero-order chi connectivity index (χ0) is 19.9. The van der Waals surface area contributed by atoms with Crippen LogP contribution in [-0.4, -0.2) is 40.6 Å². The summed E-state index contributed by atoms with van der Waals surface area (Å²) < 4.78 is 20.4. The van der Waals surface area contributed by atoms with E-state index in [1.165, 1.54) is 35.4 Å². The molecule has 3 aromatic rings. The Balaban J connectivity index is 1.80. The maximum absolute atomic E-state index is 13.2. The molecule has 0 saturated carbocycles. The molecule has 1 amide bonds. The van der Waals surface area contributed by atoms with Crippen molar-refractivity contribution in [2.75, 3.05) is 20.3 Å². The summed E-state index contributed by atoms with van der Waals surface area (Å²) in [6.45, 7) is 3.94. The molecular formula is C22H24FN3O2. The van der Waals surface area contributed by atoms with Crippen molar-refractivity contribution in [2.24, 2.45) is 0 Å². The molecule has 0 radical (unpaired) electrons. The lowest BCUT2D eigenvalue weighted by atomic mass is 10.1. The van der Waals surface area contributed by atoms with E-state index in [2.05, 4.69) is 24.0 Å². The minimum Gasteiger partial charge on any atom is -0.383 e. The van der Waals surface area contributed by atoms with Gasteiger partial charge in [-0.05, 0) is 42.3 Å². The average Bonchev–Trinajstić information content (AvgIpc) is 3.13. The highest BCUT2D eigenvalue weighted by atomic mass is 19.1. The van der Waals surface area contributed by atoms with Crippen LogP contribution in [0.25, 0.3) is 0 Å². The molecule has 0 aliphatic heterocycles. The number of aryl methyl sites for hydroxylation is 1. The molecule has 5 nitrogen and oxygen atoms in total. The highest BCUT2D eigenvalue weighted by Crippen LogP contribution is 2.14. The first kappa shape index (κ1) is 19.8. The van der Waals surface area contributed by atoms with Gasteiger partial charge in [-0.25, -0.2) is 9.37 Å². The number of halogens is 1. The predicted octanol–water partition coefficient (Wildman–Crippen LogP) is 3.67. The molecule has 1 aromatic heterocycles. The fourth-order valence-corrected chi connectivity index (χ4v) is 3.01. The van der Waals surface area contributed by atoms with Crippen LogP contribution >= 0.6 is 0 Å². The number of nitrogens with zero attached hydrogens (tertiary/aromatic N) is 3. The zero-order valence-electron chi connectivity index (χ0n) is 16.1. The van der Waals surface area contributed by atoms with Crippen LogP contribution in [0, 0.1) is 12.7 Å². The number of benzene rings is 2. The average molecular weight is 381 g/mol. The van der Waals surface area contributed by atoms with E-state index in [-0.39, 0.29) is 11.7 Å². The van der Waals surface area contributed by atoms with Gasteiger partial charge < -0.3 is 14.2 Å². The Morgan fingerprint density at radius 1 is 1.18 bits per heavy atom. The smallest absolute Gasteiger partial charge is 0.254 e. The van der Waals surface area contributed by atoms with Crippen LogP contribution in [-0.2, 0) is 17.8 Å². The highest BCUT2D eigenvalue weighted by molar-refractivity contribution is 5.94. The molecule has 0 atom stereocenters. The topological polar surface area (TPSA) is 47.4 Å². The van der Waals surface area contributed by atoms with Crippen LogP contribution < -0.4 is 0 Å². The van der Waals surface area contributed by atoms with E-state index >= 15 is 0 Å². The van der Waals surface area contributed by atoms with Crippen molar-refractivity contribution in [1.29, 1.82) is 0 Å². The van der Waals surface area contributed by atoms with Gasteiger partial charge in [-0.1, -0.05) is 24.3 Å². The molecule has 0 N–H and O–H groups in total. The Labute approximate surface area is 164 Å². The normalized spacial score (nSPS) is 10.8. The van der Waals surface area contributed by atoms with E-state index in [1.54, 1.807) is 18.2 Å². The molecule has 2 aromatic carbocycles. The summed E-state index contributed by atoms with van der Waals surface area (Å²) in [7, 11) is 1.60. The number of hydrogen-bond acceptors (Lipinski definition) is 3. The first-order chi connectivity index (χ1) is 13.6. The maximum Gasteiger partial charge on any atom is 0.254 e. The highest BCUT2D eigenvalue weighted by Gasteiger charge is 2.18. The lowest BCUT2D eigenvalue weighted by molar-refractivity contribution is 0.0673. The third-order valence-electron chi connectivity index (χ3n) is 4.68. The third-order valence-corrected chi connectivity index (χ3v) is 4.68. The number of aromatic nitrogens is 2. The SMILES string of the molecule is COCCN(Cc1nccn1Cc1ccccc1C)C(=O)c1ccc(F)cc1. The maximum atomic E-state index is 13.2. The molecule has 0 saturated heterocycles. The van der Waals surface area contributed by atoms with Gasteiger partial charge in [-0.15, -0.1) is 0 Å². The number of hydrogen-bond donors (Lipinski definition) is 0. The molecule has 0 aliphatic rings. The van der Waals surface area contributed by atoms with E-state index < -0.39 is 0 Å². The minimum absolute atomic E-state index is 0.178. The van der Waals surface area contributed by atoms with Gasteiger partial charge in [0.25, 0.3) is 5.91 Å². The second-order valence-electron chi connectivity index (χ2n) is 6.62. The molecule has 6 heteroatoms. The molecule has 0 aliphatic carbocycles. The van der Waals surface area contributed by atoms with Crippen molar-refractivity contribution in [3.8, 4) is 0 Å². The Bertz CT molecular complexity index is 922. The fraction of sp³-hybridized carbons (Fsp3) is 0.273. The van der Waals surface area contributed by atoms with Gasteiger partial charge in [-0.3, -0.25) is 4.79 Å². The number of carbonyl (C=O) groups is 1. The van der Waals surface area contributed by atoms with Gasteiger partial charge in [0.05, 0.1) is 13.2 Å². The van der Waals surface area contributed by atoms with E-state index in [9.17, 15) is 9.18 Å². The lowest BCUT2D eigenvalue weighted by Crippen LogP contribution is -2.34. The summed E-state index contributed by atoms with van der Waals surface area (Å²) in [5.41, 5.74) is 2.85. The molecule has 146 valence electrons. The van der Waals surface area contributed by atoms with Crippen molar-refractivity contribution in [1.82, 2.24) is 14.5 Å². The quantitative estimate of drug-likeness (QED) is 0.598. The Hall–Kier alpha value is -2.99. The van der Waals surface area contributed by atoms with Gasteiger partial charge in [0.2, 0.25) is 0 Å². The monoisotopic (exact) mass is 381 g/mol. The number of carbonyl (C=O) groups excluding carboxylic acids is 1. The van der Waals surface area contributed by atoms with Crippen LogP contribution in [0.5, 0.6) is 0 Å². The summed E-state index contributed by atoms with van der Waals surface area (Å²) in [6.07, 6.45) is 3.66. The van der Waals surface area contributed by atoms with Crippen molar-refractivity contribution < 1.29 is 13.9 Å². The summed E-state index contributed by atoms with van der Waals surface area (Å²) >= 11 is 0.